The zero-order chi connectivity index (χ0) is 18.3. The SMILES string of the molecule is O=C1OS2(CCCC2)N(c2cccc(Cl)c2)C(=O)N1c1cccc(Cl)c1. The molecule has 0 aromatic heterocycles. The van der Waals surface area contributed by atoms with Crippen molar-refractivity contribution in [1.82, 2.24) is 0 Å². The van der Waals surface area contributed by atoms with Gasteiger partial charge in [0.05, 0.1) is 11.4 Å². The average Bonchev–Trinajstić information content (AvgIpc) is 3.03. The van der Waals surface area contributed by atoms with E-state index in [9.17, 15) is 9.59 Å². The molecule has 0 aliphatic carbocycles. The van der Waals surface area contributed by atoms with Crippen LogP contribution in [-0.2, 0) is 4.18 Å². The van der Waals surface area contributed by atoms with Crippen LogP contribution >= 0.6 is 33.7 Å². The minimum absolute atomic E-state index is 0.381. The minimum atomic E-state index is -2.02. The van der Waals surface area contributed by atoms with Gasteiger partial charge in [-0.3, -0.25) is 0 Å². The highest BCUT2D eigenvalue weighted by Crippen LogP contribution is 2.62. The van der Waals surface area contributed by atoms with Crippen molar-refractivity contribution in [3.8, 4) is 0 Å². The summed E-state index contributed by atoms with van der Waals surface area (Å²) in [6.45, 7) is 0. The smallest absolute Gasteiger partial charge is 0.379 e. The Hall–Kier alpha value is -1.89. The summed E-state index contributed by atoms with van der Waals surface area (Å²) in [5, 5.41) is 0.958. The van der Waals surface area contributed by atoms with Gasteiger partial charge in [0.25, 0.3) is 0 Å². The molecule has 4 rings (SSSR count). The van der Waals surface area contributed by atoms with E-state index in [-0.39, 0.29) is 0 Å². The van der Waals surface area contributed by atoms with E-state index in [1.807, 2.05) is 6.07 Å². The highest BCUT2D eigenvalue weighted by molar-refractivity contribution is 8.32. The van der Waals surface area contributed by atoms with E-state index in [4.69, 9.17) is 27.4 Å². The predicted molar refractivity (Wildman–Crippen MR) is 106 cm³/mol. The normalized spacial score (nSPS) is 20.4. The lowest BCUT2D eigenvalue weighted by atomic mass is 10.3. The fourth-order valence-corrected chi connectivity index (χ4v) is 6.97. The summed E-state index contributed by atoms with van der Waals surface area (Å²) >= 11 is 12.2. The Bertz CT molecular complexity index is 886. The Morgan fingerprint density at radius 3 is 2.08 bits per heavy atom. The molecule has 0 unspecified atom stereocenters. The molecule has 2 heterocycles. The van der Waals surface area contributed by atoms with Crippen LogP contribution in [0.5, 0.6) is 0 Å². The zero-order valence-electron chi connectivity index (χ0n) is 13.7. The highest BCUT2D eigenvalue weighted by atomic mass is 35.5. The molecule has 3 amide bonds. The molecule has 2 aromatic carbocycles. The van der Waals surface area contributed by atoms with Crippen molar-refractivity contribution in [1.29, 1.82) is 0 Å². The van der Waals surface area contributed by atoms with Gasteiger partial charge in [0, 0.05) is 21.6 Å². The van der Waals surface area contributed by atoms with E-state index in [1.165, 1.54) is 0 Å². The number of imide groups is 1. The van der Waals surface area contributed by atoms with Gasteiger partial charge in [-0.05, 0) is 59.7 Å². The van der Waals surface area contributed by atoms with Crippen LogP contribution in [0, 0.1) is 0 Å². The quantitative estimate of drug-likeness (QED) is 0.609. The molecule has 0 atom stereocenters. The Morgan fingerprint density at radius 2 is 1.46 bits per heavy atom. The second-order valence-corrected chi connectivity index (χ2v) is 9.88. The number of anilines is 2. The van der Waals surface area contributed by atoms with Gasteiger partial charge in [-0.25, -0.2) is 13.9 Å². The average molecular weight is 411 g/mol. The molecular weight excluding hydrogens is 395 g/mol. The number of nitrogens with zero attached hydrogens (tertiary/aromatic N) is 2. The molecule has 2 aliphatic heterocycles. The lowest BCUT2D eigenvalue weighted by Gasteiger charge is -2.49. The van der Waals surface area contributed by atoms with Gasteiger partial charge in [-0.2, -0.15) is 4.90 Å². The lowest BCUT2D eigenvalue weighted by molar-refractivity contribution is 0.207. The van der Waals surface area contributed by atoms with Crippen molar-refractivity contribution in [3.05, 3.63) is 58.6 Å². The molecule has 136 valence electrons. The topological polar surface area (TPSA) is 49.9 Å². The number of hydrogen-bond acceptors (Lipinski definition) is 3. The number of carbonyl (C=O) groups is 2. The van der Waals surface area contributed by atoms with Crippen LogP contribution in [0.15, 0.2) is 48.5 Å². The van der Waals surface area contributed by atoms with Crippen molar-refractivity contribution in [2.24, 2.45) is 0 Å². The summed E-state index contributed by atoms with van der Waals surface area (Å²) in [5.74, 6) is 1.36. The van der Waals surface area contributed by atoms with E-state index in [2.05, 4.69) is 0 Å². The van der Waals surface area contributed by atoms with Gasteiger partial charge in [-0.1, -0.05) is 35.3 Å². The van der Waals surface area contributed by atoms with Gasteiger partial charge in [0.1, 0.15) is 0 Å². The molecule has 26 heavy (non-hydrogen) atoms. The van der Waals surface area contributed by atoms with Gasteiger partial charge in [0.15, 0.2) is 0 Å². The fourth-order valence-electron chi connectivity index (χ4n) is 3.28. The number of urea groups is 1. The summed E-state index contributed by atoms with van der Waals surface area (Å²) in [4.78, 5) is 27.2. The molecule has 0 N–H and O–H groups in total. The third-order valence-corrected chi connectivity index (χ3v) is 8.20. The maximum atomic E-state index is 13.4. The maximum Gasteiger partial charge on any atom is 0.434 e. The van der Waals surface area contributed by atoms with Crippen LogP contribution in [0.2, 0.25) is 10.0 Å². The van der Waals surface area contributed by atoms with E-state index >= 15 is 0 Å². The second-order valence-electron chi connectivity index (χ2n) is 6.11. The van der Waals surface area contributed by atoms with Gasteiger partial charge in [-0.15, -0.1) is 0 Å². The van der Waals surface area contributed by atoms with Crippen LogP contribution in [0.25, 0.3) is 0 Å². The van der Waals surface area contributed by atoms with Crippen LogP contribution < -0.4 is 9.21 Å². The van der Waals surface area contributed by atoms with Crippen molar-refractivity contribution >= 4 is 57.2 Å². The molecule has 2 aromatic rings. The summed E-state index contributed by atoms with van der Waals surface area (Å²) in [5.41, 5.74) is 1.02. The van der Waals surface area contributed by atoms with Crippen LogP contribution in [0.3, 0.4) is 0 Å². The molecule has 0 radical (unpaired) electrons. The highest BCUT2D eigenvalue weighted by Gasteiger charge is 2.50. The Morgan fingerprint density at radius 1 is 0.885 bits per heavy atom. The third-order valence-electron chi connectivity index (χ3n) is 4.39. The zero-order valence-corrected chi connectivity index (χ0v) is 16.1. The lowest BCUT2D eigenvalue weighted by Crippen LogP contribution is -2.54. The van der Waals surface area contributed by atoms with Crippen molar-refractivity contribution in [3.63, 3.8) is 0 Å². The predicted octanol–water partition coefficient (Wildman–Crippen LogP) is 6.01. The molecule has 8 heteroatoms. The minimum Gasteiger partial charge on any atom is -0.379 e. The van der Waals surface area contributed by atoms with Crippen molar-refractivity contribution in [2.45, 2.75) is 12.8 Å². The van der Waals surface area contributed by atoms with E-state index in [0.717, 1.165) is 17.7 Å². The Labute approximate surface area is 163 Å². The maximum absolute atomic E-state index is 13.4. The first kappa shape index (κ1) is 17.5. The van der Waals surface area contributed by atoms with E-state index in [0.29, 0.717) is 32.9 Å². The molecule has 0 saturated carbocycles. The number of rotatable bonds is 2. The van der Waals surface area contributed by atoms with Crippen molar-refractivity contribution in [2.75, 3.05) is 20.7 Å². The van der Waals surface area contributed by atoms with Crippen LogP contribution in [0.1, 0.15) is 12.8 Å². The monoisotopic (exact) mass is 410 g/mol. The van der Waals surface area contributed by atoms with Crippen molar-refractivity contribution < 1.29 is 13.8 Å². The summed E-state index contributed by atoms with van der Waals surface area (Å²) in [6.07, 6.45) is 1.20. The molecule has 5 nitrogen and oxygen atoms in total. The summed E-state index contributed by atoms with van der Waals surface area (Å²) in [6, 6.07) is 13.2. The van der Waals surface area contributed by atoms with Gasteiger partial charge < -0.3 is 4.18 Å². The standard InChI is InChI=1S/C18H16Cl2N2O3S/c19-13-5-3-7-15(11-13)21-17(23)22(16-8-4-6-14(20)12-16)26(25-18(21)24)9-1-2-10-26/h3-8,11-12H,1-2,9-10H2. The van der Waals surface area contributed by atoms with Crippen LogP contribution in [0.4, 0.5) is 21.0 Å². The first-order valence-electron chi connectivity index (χ1n) is 8.18. The van der Waals surface area contributed by atoms with E-state index < -0.39 is 22.6 Å². The van der Waals surface area contributed by atoms with Gasteiger partial charge >= 0.3 is 12.1 Å². The molecule has 0 bridgehead atoms. The second kappa shape index (κ2) is 6.68. The molecule has 2 saturated heterocycles. The third kappa shape index (κ3) is 2.92. The van der Waals surface area contributed by atoms with Gasteiger partial charge in [0.2, 0.25) is 0 Å². The Balaban J connectivity index is 1.82. The molecule has 2 fully saturated rings. The molecule has 2 aliphatic rings. The van der Waals surface area contributed by atoms with Crippen LogP contribution in [-0.4, -0.2) is 23.6 Å². The molecule has 1 spiro atoms. The number of benzene rings is 2. The number of hydrogen-bond donors (Lipinski definition) is 0. The largest absolute Gasteiger partial charge is 0.434 e. The number of halogens is 2. The Kier molecular flexibility index (Phi) is 4.50. The molecular formula is C18H16Cl2N2O3S. The first-order valence-corrected chi connectivity index (χ1v) is 10.8. The summed E-state index contributed by atoms with van der Waals surface area (Å²) in [7, 11) is -2.02. The summed E-state index contributed by atoms with van der Waals surface area (Å²) < 4.78 is 7.54. The number of amides is 3. The fraction of sp³-hybridized carbons (Fsp3) is 0.222. The van der Waals surface area contributed by atoms with E-state index in [1.54, 1.807) is 46.8 Å². The first-order chi connectivity index (χ1) is 12.5. The number of carbonyl (C=O) groups excluding carboxylic acids is 2.